The molecule has 1 saturated carbocycles. The van der Waals surface area contributed by atoms with Crippen molar-refractivity contribution in [3.8, 4) is 0 Å². The van der Waals surface area contributed by atoms with E-state index in [1.165, 1.54) is 44.3 Å². The molecule has 3 rings (SSSR count). The zero-order valence-electron chi connectivity index (χ0n) is 11.0. The van der Waals surface area contributed by atoms with Gasteiger partial charge in [0.1, 0.15) is 0 Å². The van der Waals surface area contributed by atoms with E-state index < -0.39 is 0 Å². The third-order valence-corrected chi connectivity index (χ3v) is 4.22. The Morgan fingerprint density at radius 1 is 1.12 bits per heavy atom. The summed E-state index contributed by atoms with van der Waals surface area (Å²) in [4.78, 5) is 2.67. The number of aromatic nitrogens is 2. The minimum atomic E-state index is 0.593. The molecule has 94 valence electrons. The Labute approximate surface area is 104 Å². The molecule has 2 heterocycles. The second kappa shape index (κ2) is 4.45. The van der Waals surface area contributed by atoms with Crippen LogP contribution in [0.1, 0.15) is 57.1 Å². The second-order valence-electron chi connectivity index (χ2n) is 5.91. The van der Waals surface area contributed by atoms with E-state index in [-0.39, 0.29) is 0 Å². The summed E-state index contributed by atoms with van der Waals surface area (Å²) in [5.41, 5.74) is 1.37. The maximum Gasteiger partial charge on any atom is 0.0543 e. The average molecular weight is 233 g/mol. The van der Waals surface area contributed by atoms with Crippen LogP contribution in [0.5, 0.6) is 0 Å². The Morgan fingerprint density at radius 2 is 1.82 bits per heavy atom. The SMILES string of the molecule is CC(C)c1cnn(C2CCN(C3CC3)CC2)c1. The van der Waals surface area contributed by atoms with Crippen LogP contribution in [0.25, 0.3) is 0 Å². The van der Waals surface area contributed by atoms with Gasteiger partial charge in [-0.3, -0.25) is 4.68 Å². The normalized spacial score (nSPS) is 23.5. The van der Waals surface area contributed by atoms with Crippen LogP contribution in [-0.2, 0) is 0 Å². The van der Waals surface area contributed by atoms with Crippen LogP contribution in [0.3, 0.4) is 0 Å². The topological polar surface area (TPSA) is 21.1 Å². The standard InChI is InChI=1S/C14H23N3/c1-11(2)12-9-15-17(10-12)14-5-7-16(8-6-14)13-3-4-13/h9-11,13-14H,3-8H2,1-2H3. The summed E-state index contributed by atoms with van der Waals surface area (Å²) in [6.45, 7) is 7.01. The van der Waals surface area contributed by atoms with Crippen LogP contribution >= 0.6 is 0 Å². The van der Waals surface area contributed by atoms with E-state index in [1.54, 1.807) is 0 Å². The van der Waals surface area contributed by atoms with Crippen molar-refractivity contribution in [2.75, 3.05) is 13.1 Å². The number of rotatable bonds is 3. The van der Waals surface area contributed by atoms with E-state index in [9.17, 15) is 0 Å². The molecule has 0 N–H and O–H groups in total. The minimum Gasteiger partial charge on any atom is -0.300 e. The molecule has 0 aromatic carbocycles. The molecular formula is C14H23N3. The monoisotopic (exact) mass is 233 g/mol. The molecule has 0 radical (unpaired) electrons. The highest BCUT2D eigenvalue weighted by Gasteiger charge is 2.32. The molecule has 2 aliphatic rings. The predicted octanol–water partition coefficient (Wildman–Crippen LogP) is 2.81. The average Bonchev–Trinajstić information content (AvgIpc) is 3.06. The first-order valence-electron chi connectivity index (χ1n) is 7.02. The summed E-state index contributed by atoms with van der Waals surface area (Å²) in [5.74, 6) is 0.593. The van der Waals surface area contributed by atoms with Gasteiger partial charge in [0.15, 0.2) is 0 Å². The fourth-order valence-corrected chi connectivity index (χ4v) is 2.81. The molecule has 1 saturated heterocycles. The molecule has 3 heteroatoms. The van der Waals surface area contributed by atoms with E-state index >= 15 is 0 Å². The van der Waals surface area contributed by atoms with Gasteiger partial charge >= 0.3 is 0 Å². The Balaban J connectivity index is 1.61. The van der Waals surface area contributed by atoms with Crippen LogP contribution in [0.15, 0.2) is 12.4 Å². The van der Waals surface area contributed by atoms with Gasteiger partial charge in [-0.1, -0.05) is 13.8 Å². The van der Waals surface area contributed by atoms with Gasteiger partial charge in [0.25, 0.3) is 0 Å². The van der Waals surface area contributed by atoms with E-state index in [2.05, 4.69) is 34.7 Å². The van der Waals surface area contributed by atoms with Crippen LogP contribution in [-0.4, -0.2) is 33.8 Å². The highest BCUT2D eigenvalue weighted by atomic mass is 15.3. The lowest BCUT2D eigenvalue weighted by atomic mass is 10.0. The molecule has 1 aromatic heterocycles. The van der Waals surface area contributed by atoms with Crippen molar-refractivity contribution in [2.45, 2.75) is 57.5 Å². The molecule has 0 spiro atoms. The number of likely N-dealkylation sites (tertiary alicyclic amines) is 1. The van der Waals surface area contributed by atoms with Gasteiger partial charge in [-0.25, -0.2) is 0 Å². The lowest BCUT2D eigenvalue weighted by molar-refractivity contribution is 0.172. The zero-order valence-corrected chi connectivity index (χ0v) is 11.0. The van der Waals surface area contributed by atoms with Crippen molar-refractivity contribution in [3.63, 3.8) is 0 Å². The molecule has 17 heavy (non-hydrogen) atoms. The highest BCUT2D eigenvalue weighted by molar-refractivity contribution is 5.09. The van der Waals surface area contributed by atoms with Gasteiger partial charge in [-0.15, -0.1) is 0 Å². The van der Waals surface area contributed by atoms with Gasteiger partial charge in [0.05, 0.1) is 12.2 Å². The molecule has 3 nitrogen and oxygen atoms in total. The number of hydrogen-bond acceptors (Lipinski definition) is 2. The van der Waals surface area contributed by atoms with Crippen LogP contribution in [0.2, 0.25) is 0 Å². The smallest absolute Gasteiger partial charge is 0.0543 e. The summed E-state index contributed by atoms with van der Waals surface area (Å²) in [6, 6.07) is 1.57. The maximum atomic E-state index is 4.54. The van der Waals surface area contributed by atoms with Crippen molar-refractivity contribution in [1.82, 2.24) is 14.7 Å². The van der Waals surface area contributed by atoms with E-state index in [0.717, 1.165) is 6.04 Å². The summed E-state index contributed by atoms with van der Waals surface area (Å²) in [6.07, 6.45) is 9.71. The molecule has 0 bridgehead atoms. The number of piperidine rings is 1. The zero-order chi connectivity index (χ0) is 11.8. The van der Waals surface area contributed by atoms with Crippen LogP contribution in [0.4, 0.5) is 0 Å². The fraction of sp³-hybridized carbons (Fsp3) is 0.786. The maximum absolute atomic E-state index is 4.54. The molecule has 0 amide bonds. The molecule has 0 atom stereocenters. The second-order valence-corrected chi connectivity index (χ2v) is 5.91. The number of hydrogen-bond donors (Lipinski definition) is 0. The molecule has 1 aliphatic heterocycles. The Morgan fingerprint density at radius 3 is 2.35 bits per heavy atom. The van der Waals surface area contributed by atoms with E-state index in [1.807, 2.05) is 6.20 Å². The van der Waals surface area contributed by atoms with E-state index in [0.29, 0.717) is 12.0 Å². The lowest BCUT2D eigenvalue weighted by Gasteiger charge is -2.32. The molecule has 2 fully saturated rings. The van der Waals surface area contributed by atoms with Crippen molar-refractivity contribution in [3.05, 3.63) is 18.0 Å². The van der Waals surface area contributed by atoms with Gasteiger partial charge in [0.2, 0.25) is 0 Å². The predicted molar refractivity (Wildman–Crippen MR) is 69.2 cm³/mol. The summed E-state index contributed by atoms with van der Waals surface area (Å²) < 4.78 is 2.21. The largest absolute Gasteiger partial charge is 0.300 e. The molecular weight excluding hydrogens is 210 g/mol. The van der Waals surface area contributed by atoms with Gasteiger partial charge < -0.3 is 4.90 Å². The first kappa shape index (κ1) is 11.3. The summed E-state index contributed by atoms with van der Waals surface area (Å²) in [5, 5.41) is 4.54. The minimum absolute atomic E-state index is 0.593. The lowest BCUT2D eigenvalue weighted by Crippen LogP contribution is -2.36. The van der Waals surface area contributed by atoms with Crippen LogP contribution < -0.4 is 0 Å². The van der Waals surface area contributed by atoms with Crippen LogP contribution in [0, 0.1) is 0 Å². The fourth-order valence-electron chi connectivity index (χ4n) is 2.81. The van der Waals surface area contributed by atoms with Crippen molar-refractivity contribution >= 4 is 0 Å². The van der Waals surface area contributed by atoms with Gasteiger partial charge in [-0.2, -0.15) is 5.10 Å². The van der Waals surface area contributed by atoms with Gasteiger partial charge in [-0.05, 0) is 37.2 Å². The third-order valence-electron chi connectivity index (χ3n) is 4.22. The van der Waals surface area contributed by atoms with Crippen molar-refractivity contribution < 1.29 is 0 Å². The summed E-state index contributed by atoms with van der Waals surface area (Å²) in [7, 11) is 0. The Bertz CT molecular complexity index is 371. The first-order chi connectivity index (χ1) is 8.24. The molecule has 1 aliphatic carbocycles. The van der Waals surface area contributed by atoms with E-state index in [4.69, 9.17) is 0 Å². The Hall–Kier alpha value is -0.830. The highest BCUT2D eigenvalue weighted by Crippen LogP contribution is 2.32. The summed E-state index contributed by atoms with van der Waals surface area (Å²) >= 11 is 0. The molecule has 0 unspecified atom stereocenters. The quantitative estimate of drug-likeness (QED) is 0.800. The van der Waals surface area contributed by atoms with Crippen molar-refractivity contribution in [1.29, 1.82) is 0 Å². The van der Waals surface area contributed by atoms with Gasteiger partial charge in [0, 0.05) is 25.3 Å². The molecule has 1 aromatic rings. The Kier molecular flexibility index (Phi) is 2.95. The first-order valence-corrected chi connectivity index (χ1v) is 7.02. The van der Waals surface area contributed by atoms with Crippen molar-refractivity contribution in [2.24, 2.45) is 0 Å². The third kappa shape index (κ3) is 2.39. The number of nitrogens with zero attached hydrogens (tertiary/aromatic N) is 3.